The van der Waals surface area contributed by atoms with E-state index < -0.39 is 17.7 Å². The molecule has 1 N–H and O–H groups in total. The van der Waals surface area contributed by atoms with Crippen LogP contribution in [-0.4, -0.2) is 59.9 Å². The molecular formula is C24H27BrN2O4. The number of carbonyl (C=O) groups excluding carboxylic acids is 2. The lowest BCUT2D eigenvalue weighted by atomic mass is 9.95. The van der Waals surface area contributed by atoms with Crippen LogP contribution >= 0.6 is 15.9 Å². The van der Waals surface area contributed by atoms with Crippen molar-refractivity contribution in [3.8, 4) is 5.75 Å². The number of nitrogens with zero attached hydrogens (tertiary/aromatic N) is 2. The number of hydrogen-bond donors (Lipinski definition) is 1. The average molecular weight is 487 g/mol. The number of ketones is 1. The number of aliphatic hydroxyl groups excluding tert-OH is 1. The molecule has 7 heteroatoms. The maximum atomic E-state index is 13.0. The van der Waals surface area contributed by atoms with Crippen molar-refractivity contribution in [3.05, 3.63) is 69.7 Å². The fraction of sp³-hybridized carbons (Fsp3) is 0.333. The Morgan fingerprint density at radius 3 is 2.42 bits per heavy atom. The van der Waals surface area contributed by atoms with Gasteiger partial charge in [-0.05, 0) is 69.9 Å². The van der Waals surface area contributed by atoms with Crippen LogP contribution in [0.15, 0.2) is 58.6 Å². The third kappa shape index (κ3) is 5.17. The molecule has 1 fully saturated rings. The number of rotatable bonds is 7. The largest absolute Gasteiger partial charge is 0.507 e. The summed E-state index contributed by atoms with van der Waals surface area (Å²) in [6.45, 7) is 4.83. The Bertz CT molecular complexity index is 999. The predicted molar refractivity (Wildman–Crippen MR) is 124 cm³/mol. The fourth-order valence-corrected chi connectivity index (χ4v) is 3.98. The van der Waals surface area contributed by atoms with Crippen LogP contribution in [-0.2, 0) is 9.59 Å². The lowest BCUT2D eigenvalue weighted by Crippen LogP contribution is -2.35. The molecule has 1 atom stereocenters. The van der Waals surface area contributed by atoms with E-state index in [-0.39, 0.29) is 17.4 Å². The van der Waals surface area contributed by atoms with Gasteiger partial charge in [0.05, 0.1) is 17.7 Å². The molecule has 3 rings (SSSR count). The maximum absolute atomic E-state index is 13.0. The molecule has 1 amide bonds. The number of carbonyl (C=O) groups is 2. The van der Waals surface area contributed by atoms with Crippen molar-refractivity contribution in [2.75, 3.05) is 27.2 Å². The maximum Gasteiger partial charge on any atom is 0.295 e. The molecule has 0 saturated carbocycles. The number of benzene rings is 2. The van der Waals surface area contributed by atoms with Gasteiger partial charge in [-0.1, -0.05) is 28.1 Å². The highest BCUT2D eigenvalue weighted by molar-refractivity contribution is 9.10. The molecule has 2 aromatic rings. The second-order valence-electron chi connectivity index (χ2n) is 8.04. The van der Waals surface area contributed by atoms with Gasteiger partial charge in [0, 0.05) is 23.1 Å². The molecule has 6 nitrogen and oxygen atoms in total. The van der Waals surface area contributed by atoms with Crippen molar-refractivity contribution in [1.82, 2.24) is 9.80 Å². The van der Waals surface area contributed by atoms with Crippen LogP contribution in [0.4, 0.5) is 0 Å². The number of likely N-dealkylation sites (N-methyl/N-ethyl adjacent to an activating group) is 1. The van der Waals surface area contributed by atoms with E-state index in [4.69, 9.17) is 4.74 Å². The van der Waals surface area contributed by atoms with E-state index in [1.807, 2.05) is 57.1 Å². The smallest absolute Gasteiger partial charge is 0.295 e. The van der Waals surface area contributed by atoms with Crippen molar-refractivity contribution >= 4 is 33.4 Å². The Balaban J connectivity index is 2.08. The van der Waals surface area contributed by atoms with Gasteiger partial charge in [0.1, 0.15) is 11.5 Å². The fourth-order valence-electron chi connectivity index (χ4n) is 3.56. The highest BCUT2D eigenvalue weighted by Gasteiger charge is 2.45. The first-order chi connectivity index (χ1) is 14.7. The van der Waals surface area contributed by atoms with Gasteiger partial charge in [0.25, 0.3) is 11.7 Å². The molecule has 1 aliphatic rings. The minimum Gasteiger partial charge on any atom is -0.507 e. The summed E-state index contributed by atoms with van der Waals surface area (Å²) >= 11 is 3.46. The zero-order chi connectivity index (χ0) is 22.7. The van der Waals surface area contributed by atoms with E-state index in [2.05, 4.69) is 15.9 Å². The standard InChI is InChI=1S/C24H27BrN2O4/c1-15(2)31-19-10-8-16(9-11-19)22(28)20-21(17-6-5-7-18(25)14-17)27(13-12-26(3)4)24(30)23(20)29/h5-11,14-15,21,28H,12-13H2,1-4H3/b22-20-. The molecule has 31 heavy (non-hydrogen) atoms. The Morgan fingerprint density at radius 1 is 1.16 bits per heavy atom. The van der Waals surface area contributed by atoms with Gasteiger partial charge in [0.15, 0.2) is 0 Å². The van der Waals surface area contributed by atoms with Gasteiger partial charge in [-0.15, -0.1) is 0 Å². The lowest BCUT2D eigenvalue weighted by Gasteiger charge is -2.26. The Kier molecular flexibility index (Phi) is 7.18. The number of Topliss-reactive ketones (excluding diaryl/α,β-unsaturated/α-hetero) is 1. The molecule has 0 aromatic heterocycles. The molecule has 0 bridgehead atoms. The highest BCUT2D eigenvalue weighted by atomic mass is 79.9. The summed E-state index contributed by atoms with van der Waals surface area (Å²) in [6.07, 6.45) is 0.0259. The number of hydrogen-bond acceptors (Lipinski definition) is 5. The lowest BCUT2D eigenvalue weighted by molar-refractivity contribution is -0.140. The summed E-state index contributed by atoms with van der Waals surface area (Å²) in [5, 5.41) is 11.1. The van der Waals surface area contributed by atoms with Crippen LogP contribution in [0.5, 0.6) is 5.75 Å². The number of amides is 1. The first-order valence-corrected chi connectivity index (χ1v) is 10.9. The first kappa shape index (κ1) is 23.0. The summed E-state index contributed by atoms with van der Waals surface area (Å²) in [6, 6.07) is 13.7. The summed E-state index contributed by atoms with van der Waals surface area (Å²) in [5.74, 6) is -0.801. The second kappa shape index (κ2) is 9.66. The SMILES string of the molecule is CC(C)Oc1ccc(/C(O)=C2/C(=O)C(=O)N(CCN(C)C)C2c2cccc(Br)c2)cc1. The topological polar surface area (TPSA) is 70.1 Å². The van der Waals surface area contributed by atoms with Crippen molar-refractivity contribution in [2.45, 2.75) is 26.0 Å². The van der Waals surface area contributed by atoms with Gasteiger partial charge < -0.3 is 19.6 Å². The normalized spacial score (nSPS) is 18.3. The Labute approximate surface area is 191 Å². The van der Waals surface area contributed by atoms with E-state index in [0.717, 1.165) is 10.0 Å². The second-order valence-corrected chi connectivity index (χ2v) is 8.96. The monoisotopic (exact) mass is 486 g/mol. The minimum absolute atomic E-state index is 0.0259. The minimum atomic E-state index is -0.677. The van der Waals surface area contributed by atoms with E-state index in [1.54, 1.807) is 24.3 Å². The van der Waals surface area contributed by atoms with Crippen molar-refractivity contribution < 1.29 is 19.4 Å². The number of halogens is 1. The van der Waals surface area contributed by atoms with Crippen molar-refractivity contribution in [1.29, 1.82) is 0 Å². The molecular weight excluding hydrogens is 460 g/mol. The molecule has 1 unspecified atom stereocenters. The van der Waals surface area contributed by atoms with Crippen LogP contribution in [0.3, 0.4) is 0 Å². The van der Waals surface area contributed by atoms with Crippen molar-refractivity contribution in [3.63, 3.8) is 0 Å². The Hall–Kier alpha value is -2.64. The van der Waals surface area contributed by atoms with Crippen LogP contribution in [0.2, 0.25) is 0 Å². The van der Waals surface area contributed by atoms with Crippen molar-refractivity contribution in [2.24, 2.45) is 0 Å². The summed E-state index contributed by atoms with van der Waals surface area (Å²) in [4.78, 5) is 29.4. The third-order valence-corrected chi connectivity index (χ3v) is 5.49. The molecule has 164 valence electrons. The Morgan fingerprint density at radius 2 is 1.84 bits per heavy atom. The number of ether oxygens (including phenoxy) is 1. The van der Waals surface area contributed by atoms with E-state index in [0.29, 0.717) is 24.4 Å². The molecule has 0 spiro atoms. The van der Waals surface area contributed by atoms with E-state index in [1.165, 1.54) is 4.90 Å². The first-order valence-electron chi connectivity index (χ1n) is 10.1. The number of likely N-dealkylation sites (tertiary alicyclic amines) is 1. The number of aliphatic hydroxyl groups is 1. The van der Waals surface area contributed by atoms with Crippen LogP contribution in [0.1, 0.15) is 31.0 Å². The molecule has 2 aromatic carbocycles. The summed E-state index contributed by atoms with van der Waals surface area (Å²) in [5.41, 5.74) is 1.31. The van der Waals surface area contributed by atoms with Gasteiger partial charge in [-0.3, -0.25) is 9.59 Å². The summed E-state index contributed by atoms with van der Waals surface area (Å²) < 4.78 is 6.48. The predicted octanol–water partition coefficient (Wildman–Crippen LogP) is 4.22. The van der Waals surface area contributed by atoms with Gasteiger partial charge in [-0.25, -0.2) is 0 Å². The molecule has 1 saturated heterocycles. The quantitative estimate of drug-likeness (QED) is 0.360. The third-order valence-electron chi connectivity index (χ3n) is 4.99. The zero-order valence-electron chi connectivity index (χ0n) is 18.1. The van der Waals surface area contributed by atoms with Crippen LogP contribution in [0.25, 0.3) is 5.76 Å². The van der Waals surface area contributed by atoms with E-state index in [9.17, 15) is 14.7 Å². The molecule has 0 aliphatic carbocycles. The summed E-state index contributed by atoms with van der Waals surface area (Å²) in [7, 11) is 3.82. The average Bonchev–Trinajstić information content (AvgIpc) is 2.96. The van der Waals surface area contributed by atoms with Gasteiger partial charge in [-0.2, -0.15) is 0 Å². The van der Waals surface area contributed by atoms with E-state index >= 15 is 0 Å². The molecule has 1 aliphatic heterocycles. The van der Waals surface area contributed by atoms with Gasteiger partial charge >= 0.3 is 0 Å². The zero-order valence-corrected chi connectivity index (χ0v) is 19.7. The molecule has 1 heterocycles. The van der Waals surface area contributed by atoms with Crippen LogP contribution < -0.4 is 4.74 Å². The molecule has 0 radical (unpaired) electrons. The van der Waals surface area contributed by atoms with Crippen LogP contribution in [0, 0.1) is 0 Å². The highest BCUT2D eigenvalue weighted by Crippen LogP contribution is 2.40. The van der Waals surface area contributed by atoms with Gasteiger partial charge in [0.2, 0.25) is 0 Å².